The number of oxime groups is 1. The number of hydrogen-bond acceptors (Lipinski definition) is 2. The lowest BCUT2D eigenvalue weighted by atomic mass is 10.2. The second kappa shape index (κ2) is 6.17. The van der Waals surface area contributed by atoms with E-state index in [-0.39, 0.29) is 5.82 Å². The van der Waals surface area contributed by atoms with Crippen molar-refractivity contribution < 1.29 is 9.23 Å². The molecule has 0 fully saturated rings. The zero-order chi connectivity index (χ0) is 12.8. The molecule has 4 heteroatoms. The van der Waals surface area contributed by atoms with Gasteiger partial charge >= 0.3 is 0 Å². The van der Waals surface area contributed by atoms with E-state index < -0.39 is 0 Å². The molecular formula is C14H11ClFNO. The van der Waals surface area contributed by atoms with Gasteiger partial charge in [0.15, 0.2) is 0 Å². The van der Waals surface area contributed by atoms with E-state index in [1.165, 1.54) is 18.3 Å². The van der Waals surface area contributed by atoms with Crippen LogP contribution >= 0.6 is 11.6 Å². The minimum Gasteiger partial charge on any atom is -0.391 e. The molecule has 0 aromatic heterocycles. The standard InChI is InChI=1S/C14H11ClFNO/c15-13-5-1-12(2-6-13)10-18-17-9-11-3-7-14(16)8-4-11/h1-9H,10H2/b17-9+. The molecule has 0 saturated heterocycles. The maximum atomic E-state index is 12.6. The Labute approximate surface area is 110 Å². The van der Waals surface area contributed by atoms with Gasteiger partial charge in [-0.25, -0.2) is 4.39 Å². The summed E-state index contributed by atoms with van der Waals surface area (Å²) in [5.41, 5.74) is 1.77. The van der Waals surface area contributed by atoms with Crippen molar-refractivity contribution >= 4 is 17.8 Å². The largest absolute Gasteiger partial charge is 0.391 e. The van der Waals surface area contributed by atoms with Crippen LogP contribution in [0.15, 0.2) is 53.7 Å². The predicted octanol–water partition coefficient (Wildman–Crippen LogP) is 4.03. The summed E-state index contributed by atoms with van der Waals surface area (Å²) in [6, 6.07) is 13.3. The average Bonchev–Trinajstić information content (AvgIpc) is 2.39. The number of halogens is 2. The van der Waals surface area contributed by atoms with Crippen LogP contribution in [0.3, 0.4) is 0 Å². The van der Waals surface area contributed by atoms with Crippen molar-refractivity contribution in [2.45, 2.75) is 6.61 Å². The Morgan fingerprint density at radius 2 is 1.72 bits per heavy atom. The first-order valence-electron chi connectivity index (χ1n) is 5.39. The molecule has 2 aromatic rings. The van der Waals surface area contributed by atoms with Crippen LogP contribution in [0.1, 0.15) is 11.1 Å². The van der Waals surface area contributed by atoms with Gasteiger partial charge in [-0.05, 0) is 35.4 Å². The van der Waals surface area contributed by atoms with Gasteiger partial charge in [-0.3, -0.25) is 0 Å². The maximum Gasteiger partial charge on any atom is 0.142 e. The minimum atomic E-state index is -0.269. The summed E-state index contributed by atoms with van der Waals surface area (Å²) in [7, 11) is 0. The molecule has 2 aromatic carbocycles. The maximum absolute atomic E-state index is 12.6. The summed E-state index contributed by atoms with van der Waals surface area (Å²) >= 11 is 5.76. The molecule has 0 bridgehead atoms. The summed E-state index contributed by atoms with van der Waals surface area (Å²) in [4.78, 5) is 5.13. The summed E-state index contributed by atoms with van der Waals surface area (Å²) in [6.45, 7) is 0.370. The van der Waals surface area contributed by atoms with Crippen LogP contribution in [0.5, 0.6) is 0 Å². The van der Waals surface area contributed by atoms with Gasteiger partial charge in [0, 0.05) is 5.02 Å². The molecule has 0 spiro atoms. The first-order chi connectivity index (χ1) is 8.74. The Bertz CT molecular complexity index is 522. The number of hydrogen-bond donors (Lipinski definition) is 0. The molecule has 18 heavy (non-hydrogen) atoms. The van der Waals surface area contributed by atoms with Gasteiger partial charge in [-0.1, -0.05) is 41.0 Å². The number of nitrogens with zero attached hydrogens (tertiary/aromatic N) is 1. The van der Waals surface area contributed by atoms with Crippen molar-refractivity contribution in [3.8, 4) is 0 Å². The van der Waals surface area contributed by atoms with Crippen molar-refractivity contribution in [3.05, 3.63) is 70.5 Å². The Morgan fingerprint density at radius 3 is 2.39 bits per heavy atom. The topological polar surface area (TPSA) is 21.6 Å². The third-order valence-corrected chi connectivity index (χ3v) is 2.54. The van der Waals surface area contributed by atoms with Crippen LogP contribution in [0, 0.1) is 5.82 Å². The van der Waals surface area contributed by atoms with Gasteiger partial charge in [-0.15, -0.1) is 0 Å². The third kappa shape index (κ3) is 3.86. The molecule has 0 aliphatic carbocycles. The van der Waals surface area contributed by atoms with E-state index in [2.05, 4.69) is 5.16 Å². The molecular weight excluding hydrogens is 253 g/mol. The first-order valence-corrected chi connectivity index (χ1v) is 5.77. The molecule has 0 N–H and O–H groups in total. The summed E-state index contributed by atoms with van der Waals surface area (Å²) < 4.78 is 12.6. The summed E-state index contributed by atoms with van der Waals surface area (Å²) in [5, 5.41) is 4.50. The minimum absolute atomic E-state index is 0.269. The van der Waals surface area contributed by atoms with E-state index in [1.807, 2.05) is 12.1 Å². The van der Waals surface area contributed by atoms with Crippen molar-refractivity contribution in [1.29, 1.82) is 0 Å². The van der Waals surface area contributed by atoms with Crippen LogP contribution in [-0.2, 0) is 11.4 Å². The van der Waals surface area contributed by atoms with E-state index >= 15 is 0 Å². The van der Waals surface area contributed by atoms with E-state index in [0.29, 0.717) is 11.6 Å². The quantitative estimate of drug-likeness (QED) is 0.603. The molecule has 0 atom stereocenters. The normalized spacial score (nSPS) is 10.8. The van der Waals surface area contributed by atoms with Gasteiger partial charge in [0.1, 0.15) is 12.4 Å². The smallest absolute Gasteiger partial charge is 0.142 e. The lowest BCUT2D eigenvalue weighted by Crippen LogP contribution is -1.88. The van der Waals surface area contributed by atoms with Gasteiger partial charge < -0.3 is 4.84 Å². The van der Waals surface area contributed by atoms with Gasteiger partial charge in [0.25, 0.3) is 0 Å². The second-order valence-electron chi connectivity index (χ2n) is 3.69. The van der Waals surface area contributed by atoms with Crippen LogP contribution in [0.2, 0.25) is 5.02 Å². The van der Waals surface area contributed by atoms with Crippen molar-refractivity contribution in [2.24, 2.45) is 5.16 Å². The lowest BCUT2D eigenvalue weighted by molar-refractivity contribution is 0.132. The van der Waals surface area contributed by atoms with Crippen molar-refractivity contribution in [1.82, 2.24) is 0 Å². The molecule has 2 rings (SSSR count). The fraction of sp³-hybridized carbons (Fsp3) is 0.0714. The zero-order valence-electron chi connectivity index (χ0n) is 9.51. The molecule has 0 saturated carbocycles. The van der Waals surface area contributed by atoms with Crippen molar-refractivity contribution in [2.75, 3.05) is 0 Å². The Hall–Kier alpha value is -1.87. The lowest BCUT2D eigenvalue weighted by Gasteiger charge is -1.99. The zero-order valence-corrected chi connectivity index (χ0v) is 10.3. The SMILES string of the molecule is Fc1ccc(/C=N/OCc2ccc(Cl)cc2)cc1. The summed E-state index contributed by atoms with van der Waals surface area (Å²) in [5.74, 6) is -0.269. The molecule has 92 valence electrons. The van der Waals surface area contributed by atoms with Crippen LogP contribution in [0.4, 0.5) is 4.39 Å². The van der Waals surface area contributed by atoms with Crippen LogP contribution < -0.4 is 0 Å². The van der Waals surface area contributed by atoms with Gasteiger partial charge in [0.2, 0.25) is 0 Å². The average molecular weight is 264 g/mol. The molecule has 0 aliphatic heterocycles. The van der Waals surface area contributed by atoms with E-state index in [1.54, 1.807) is 24.3 Å². The Kier molecular flexibility index (Phi) is 4.31. The van der Waals surface area contributed by atoms with E-state index in [9.17, 15) is 4.39 Å². The van der Waals surface area contributed by atoms with Crippen LogP contribution in [-0.4, -0.2) is 6.21 Å². The molecule has 0 unspecified atom stereocenters. The fourth-order valence-electron chi connectivity index (χ4n) is 1.34. The molecule has 0 heterocycles. The highest BCUT2D eigenvalue weighted by molar-refractivity contribution is 6.30. The van der Waals surface area contributed by atoms with Gasteiger partial charge in [-0.2, -0.15) is 0 Å². The summed E-state index contributed by atoms with van der Waals surface area (Å²) in [6.07, 6.45) is 1.54. The Balaban J connectivity index is 1.84. The number of benzene rings is 2. The molecule has 0 aliphatic rings. The highest BCUT2D eigenvalue weighted by Gasteiger charge is 1.93. The molecule has 2 nitrogen and oxygen atoms in total. The predicted molar refractivity (Wildman–Crippen MR) is 70.2 cm³/mol. The van der Waals surface area contributed by atoms with Crippen molar-refractivity contribution in [3.63, 3.8) is 0 Å². The second-order valence-corrected chi connectivity index (χ2v) is 4.12. The van der Waals surface area contributed by atoms with E-state index in [4.69, 9.17) is 16.4 Å². The third-order valence-electron chi connectivity index (χ3n) is 2.29. The van der Waals surface area contributed by atoms with Crippen LogP contribution in [0.25, 0.3) is 0 Å². The monoisotopic (exact) mass is 263 g/mol. The number of rotatable bonds is 4. The Morgan fingerprint density at radius 1 is 1.06 bits per heavy atom. The fourth-order valence-corrected chi connectivity index (χ4v) is 1.47. The highest BCUT2D eigenvalue weighted by atomic mass is 35.5. The first kappa shape index (κ1) is 12.6. The van der Waals surface area contributed by atoms with E-state index in [0.717, 1.165) is 11.1 Å². The molecule has 0 amide bonds. The molecule has 0 radical (unpaired) electrons. The highest BCUT2D eigenvalue weighted by Crippen LogP contribution is 2.10. The van der Waals surface area contributed by atoms with Gasteiger partial charge in [0.05, 0.1) is 6.21 Å².